The van der Waals surface area contributed by atoms with Crippen LogP contribution in [0.3, 0.4) is 0 Å². The lowest BCUT2D eigenvalue weighted by Crippen LogP contribution is -2.36. The summed E-state index contributed by atoms with van der Waals surface area (Å²) in [5.74, 6) is -0.245. The van der Waals surface area contributed by atoms with E-state index < -0.39 is 5.82 Å². The van der Waals surface area contributed by atoms with Crippen molar-refractivity contribution in [2.75, 3.05) is 46.9 Å². The molecule has 0 bridgehead atoms. The summed E-state index contributed by atoms with van der Waals surface area (Å²) in [4.78, 5) is 46.9. The van der Waals surface area contributed by atoms with Crippen molar-refractivity contribution in [1.29, 1.82) is 0 Å². The molecule has 0 spiro atoms. The molecule has 2 aromatic carbocycles. The van der Waals surface area contributed by atoms with Crippen LogP contribution in [-0.2, 0) is 16.1 Å². The highest BCUT2D eigenvalue weighted by atomic mass is 19.1. The van der Waals surface area contributed by atoms with E-state index in [1.165, 1.54) is 0 Å². The highest BCUT2D eigenvalue weighted by molar-refractivity contribution is 6.05. The van der Waals surface area contributed by atoms with Gasteiger partial charge in [0, 0.05) is 75.3 Å². The number of aryl methyl sites for hydroxylation is 1. The van der Waals surface area contributed by atoms with E-state index in [1.807, 2.05) is 30.3 Å². The molecule has 4 heterocycles. The van der Waals surface area contributed by atoms with E-state index in [1.54, 1.807) is 58.1 Å². The Balaban J connectivity index is 1.37. The van der Waals surface area contributed by atoms with Crippen molar-refractivity contribution < 1.29 is 23.5 Å². The van der Waals surface area contributed by atoms with Crippen LogP contribution in [0.2, 0.25) is 0 Å². The van der Waals surface area contributed by atoms with Crippen molar-refractivity contribution in [1.82, 2.24) is 34.7 Å². The van der Waals surface area contributed by atoms with Gasteiger partial charge in [-0.05, 0) is 35.8 Å². The number of methoxy groups -OCH3 is 1. The van der Waals surface area contributed by atoms with Crippen LogP contribution in [0.5, 0.6) is 5.75 Å². The molecule has 1 N–H and O–H groups in total. The number of aromatic amines is 1. The summed E-state index contributed by atoms with van der Waals surface area (Å²) in [6.07, 6.45) is 6.32. The smallest absolute Gasteiger partial charge is 0.270 e. The van der Waals surface area contributed by atoms with Gasteiger partial charge < -0.3 is 24.4 Å². The highest BCUT2D eigenvalue weighted by Gasteiger charge is 2.28. The number of benzene rings is 2. The largest absolute Gasteiger partial charge is 0.496 e. The van der Waals surface area contributed by atoms with Crippen LogP contribution in [0.1, 0.15) is 35.3 Å². The fraction of sp³-hybridized carbons (Fsp3) is 0.344. The predicted octanol–water partition coefficient (Wildman–Crippen LogP) is 3.58. The van der Waals surface area contributed by atoms with Gasteiger partial charge in [-0.3, -0.25) is 19.1 Å². The second kappa shape index (κ2) is 12.3. The maximum Gasteiger partial charge on any atom is 0.270 e. The van der Waals surface area contributed by atoms with E-state index in [4.69, 9.17) is 4.74 Å². The third-order valence-electron chi connectivity index (χ3n) is 8.37. The lowest BCUT2D eigenvalue weighted by molar-refractivity contribution is -0.131. The summed E-state index contributed by atoms with van der Waals surface area (Å²) in [5, 5.41) is 8.24. The monoisotopic (exact) mass is 599 g/mol. The number of rotatable bonds is 7. The average Bonchev–Trinajstić information content (AvgIpc) is 3.71. The van der Waals surface area contributed by atoms with Gasteiger partial charge in [0.05, 0.1) is 25.4 Å². The molecule has 1 fully saturated rings. The molecule has 3 amide bonds. The number of hydrogen-bond acceptors (Lipinski definition) is 6. The molecule has 0 unspecified atom stereocenters. The minimum Gasteiger partial charge on any atom is -0.496 e. The van der Waals surface area contributed by atoms with Crippen LogP contribution in [0.4, 0.5) is 4.39 Å². The van der Waals surface area contributed by atoms with Crippen molar-refractivity contribution in [2.45, 2.75) is 25.8 Å². The number of fused-ring (bicyclic) bond motifs is 1. The first-order valence-electron chi connectivity index (χ1n) is 14.7. The SMILES string of the molecule is COc1ccccc1-c1cc(C2=CCCN(C(=O)CCn3ccnn3)C2)c(F)c2[nH]c(C(=O)N3CCC(=O)N(C)CC3)cc12. The molecule has 44 heavy (non-hydrogen) atoms. The zero-order valence-corrected chi connectivity index (χ0v) is 24.8. The van der Waals surface area contributed by atoms with Crippen LogP contribution in [0.25, 0.3) is 27.6 Å². The lowest BCUT2D eigenvalue weighted by atomic mass is 9.93. The molecule has 0 radical (unpaired) electrons. The molecule has 0 saturated carbocycles. The number of carbonyl (C=O) groups excluding carboxylic acids is 3. The topological polar surface area (TPSA) is 117 Å². The van der Waals surface area contributed by atoms with Crippen molar-refractivity contribution in [3.05, 3.63) is 71.9 Å². The number of para-hydroxylation sites is 1. The van der Waals surface area contributed by atoms with Crippen molar-refractivity contribution in [3.63, 3.8) is 0 Å². The summed E-state index contributed by atoms with van der Waals surface area (Å²) < 4.78 is 23.7. The van der Waals surface area contributed by atoms with Crippen molar-refractivity contribution in [2.24, 2.45) is 0 Å². The van der Waals surface area contributed by atoms with Gasteiger partial charge in [-0.15, -0.1) is 5.10 Å². The number of halogens is 1. The average molecular weight is 600 g/mol. The van der Waals surface area contributed by atoms with Gasteiger partial charge in [0.15, 0.2) is 5.82 Å². The van der Waals surface area contributed by atoms with E-state index in [2.05, 4.69) is 15.3 Å². The van der Waals surface area contributed by atoms with E-state index >= 15 is 4.39 Å². The van der Waals surface area contributed by atoms with Gasteiger partial charge in [-0.1, -0.05) is 29.5 Å². The summed E-state index contributed by atoms with van der Waals surface area (Å²) in [6.45, 7) is 2.31. The number of ether oxygens (including phenoxy) is 1. The zero-order valence-electron chi connectivity index (χ0n) is 24.8. The van der Waals surface area contributed by atoms with Gasteiger partial charge in [-0.25, -0.2) is 4.39 Å². The summed E-state index contributed by atoms with van der Waals surface area (Å²) >= 11 is 0. The van der Waals surface area contributed by atoms with Crippen LogP contribution in [-0.4, -0.2) is 99.3 Å². The van der Waals surface area contributed by atoms with Gasteiger partial charge in [-0.2, -0.15) is 0 Å². The van der Waals surface area contributed by atoms with Gasteiger partial charge in [0.25, 0.3) is 5.91 Å². The Morgan fingerprint density at radius 3 is 2.68 bits per heavy atom. The molecule has 0 atom stereocenters. The van der Waals surface area contributed by atoms with Gasteiger partial charge in [0.2, 0.25) is 11.8 Å². The molecule has 4 aromatic rings. The maximum atomic E-state index is 16.5. The molecule has 2 aromatic heterocycles. The number of aromatic nitrogens is 4. The standard InChI is InChI=1S/C32H34FN7O4/c1-37-16-17-38(13-9-28(37)41)32(43)26-19-25-24(22-7-3-4-8-27(22)44-2)18-23(30(33)31(25)35-26)21-6-5-12-39(20-21)29(42)10-14-40-15-11-34-36-40/h3-4,6-8,11,15,18-19,35H,5,9-10,12-14,16-17,20H2,1-2H3. The minimum atomic E-state index is -0.494. The third kappa shape index (κ3) is 5.67. The number of nitrogens with zero attached hydrogens (tertiary/aromatic N) is 6. The first kappa shape index (κ1) is 29.1. The molecule has 2 aliphatic rings. The highest BCUT2D eigenvalue weighted by Crippen LogP contribution is 2.40. The Kier molecular flexibility index (Phi) is 8.14. The zero-order chi connectivity index (χ0) is 30.8. The van der Waals surface area contributed by atoms with Gasteiger partial charge >= 0.3 is 0 Å². The fourth-order valence-corrected chi connectivity index (χ4v) is 5.87. The minimum absolute atomic E-state index is 0.0160. The Morgan fingerprint density at radius 1 is 1.05 bits per heavy atom. The summed E-state index contributed by atoms with van der Waals surface area (Å²) in [6, 6.07) is 10.9. The van der Waals surface area contributed by atoms with Crippen LogP contribution in [0.15, 0.2) is 54.9 Å². The quantitative estimate of drug-likeness (QED) is 0.347. The number of H-pyrrole nitrogens is 1. The molecular weight excluding hydrogens is 565 g/mol. The number of carbonyl (C=O) groups is 3. The molecule has 228 valence electrons. The molecule has 0 aliphatic carbocycles. The number of amides is 3. The number of likely N-dealkylation sites (N-methyl/N-ethyl adjacent to an activating group) is 1. The van der Waals surface area contributed by atoms with Crippen molar-refractivity contribution >= 4 is 34.2 Å². The Morgan fingerprint density at radius 2 is 1.89 bits per heavy atom. The normalized spacial score (nSPS) is 15.8. The number of nitrogens with one attached hydrogen (secondary N) is 1. The summed E-state index contributed by atoms with van der Waals surface area (Å²) in [5.41, 5.74) is 2.94. The van der Waals surface area contributed by atoms with Crippen molar-refractivity contribution in [3.8, 4) is 16.9 Å². The molecule has 11 nitrogen and oxygen atoms in total. The lowest BCUT2D eigenvalue weighted by Gasteiger charge is -2.28. The molecule has 2 aliphatic heterocycles. The van der Waals surface area contributed by atoms with E-state index in [-0.39, 0.29) is 54.9 Å². The number of hydrogen-bond donors (Lipinski definition) is 1. The second-order valence-corrected chi connectivity index (χ2v) is 11.1. The molecule has 12 heteroatoms. The van der Waals surface area contributed by atoms with E-state index in [9.17, 15) is 14.4 Å². The molecule has 1 saturated heterocycles. The predicted molar refractivity (Wildman–Crippen MR) is 162 cm³/mol. The first-order valence-corrected chi connectivity index (χ1v) is 14.7. The van der Waals surface area contributed by atoms with E-state index in [0.29, 0.717) is 60.4 Å². The van der Waals surface area contributed by atoms with Crippen LogP contribution < -0.4 is 4.74 Å². The molecule has 6 rings (SSSR count). The van der Waals surface area contributed by atoms with Crippen LogP contribution >= 0.6 is 0 Å². The maximum absolute atomic E-state index is 16.5. The Hall–Kier alpha value is -5.00. The molecular formula is C32H34FN7O4. The second-order valence-electron chi connectivity index (χ2n) is 11.1. The summed E-state index contributed by atoms with van der Waals surface area (Å²) in [7, 11) is 3.30. The Bertz CT molecular complexity index is 1750. The van der Waals surface area contributed by atoms with E-state index in [0.717, 1.165) is 5.56 Å². The Labute approximate surface area is 253 Å². The van der Waals surface area contributed by atoms with Gasteiger partial charge in [0.1, 0.15) is 11.4 Å². The fourth-order valence-electron chi connectivity index (χ4n) is 5.87. The van der Waals surface area contributed by atoms with Crippen LogP contribution in [0, 0.1) is 5.82 Å². The first-order chi connectivity index (χ1) is 21.3. The third-order valence-corrected chi connectivity index (χ3v) is 8.37.